The lowest BCUT2D eigenvalue weighted by atomic mass is 9.96. The summed E-state index contributed by atoms with van der Waals surface area (Å²) in [6, 6.07) is 19.5. The first-order valence-electron chi connectivity index (χ1n) is 8.13. The summed E-state index contributed by atoms with van der Waals surface area (Å²) in [5.41, 5.74) is 4.49. The Labute approximate surface area is 150 Å². The van der Waals surface area contributed by atoms with Crippen LogP contribution in [0.25, 0.3) is 33.4 Å². The summed E-state index contributed by atoms with van der Waals surface area (Å²) in [5.74, 6) is 0.959. The Morgan fingerprint density at radius 2 is 1.65 bits per heavy atom. The van der Waals surface area contributed by atoms with Crippen molar-refractivity contribution in [1.29, 1.82) is 5.26 Å². The maximum absolute atomic E-state index is 10.1. The molecule has 1 heterocycles. The van der Waals surface area contributed by atoms with Gasteiger partial charge in [-0.15, -0.1) is 0 Å². The largest absolute Gasteiger partial charge is 0.508 e. The maximum Gasteiger partial charge on any atom is 0.143 e. The second kappa shape index (κ2) is 5.98. The van der Waals surface area contributed by atoms with Crippen molar-refractivity contribution in [2.75, 3.05) is 0 Å². The normalized spacial score (nSPS) is 10.8. The van der Waals surface area contributed by atoms with Gasteiger partial charge >= 0.3 is 0 Å². The van der Waals surface area contributed by atoms with Crippen molar-refractivity contribution in [2.45, 2.75) is 6.92 Å². The molecule has 3 aromatic carbocycles. The first-order chi connectivity index (χ1) is 12.6. The number of phenols is 2. The molecule has 0 aliphatic carbocycles. The summed E-state index contributed by atoms with van der Waals surface area (Å²) in [4.78, 5) is 0. The van der Waals surface area contributed by atoms with Crippen LogP contribution < -0.4 is 0 Å². The molecule has 4 rings (SSSR count). The van der Waals surface area contributed by atoms with Crippen LogP contribution in [-0.4, -0.2) is 10.2 Å². The molecule has 0 fully saturated rings. The lowest BCUT2D eigenvalue weighted by Crippen LogP contribution is -1.83. The fraction of sp³-hybridized carbons (Fsp3) is 0.0455. The van der Waals surface area contributed by atoms with Crippen molar-refractivity contribution in [3.05, 3.63) is 71.8 Å². The SMILES string of the molecule is Cc1cc(O)cc2c(-c3cccc(C#N)c3)c(-c3ccc(O)cc3)oc12. The molecule has 4 nitrogen and oxygen atoms in total. The molecule has 0 bridgehead atoms. The van der Waals surface area contributed by atoms with Gasteiger partial charge in [-0.3, -0.25) is 0 Å². The predicted molar refractivity (Wildman–Crippen MR) is 99.9 cm³/mol. The van der Waals surface area contributed by atoms with E-state index in [1.165, 1.54) is 0 Å². The topological polar surface area (TPSA) is 77.4 Å². The van der Waals surface area contributed by atoms with Gasteiger partial charge in [0.25, 0.3) is 0 Å². The van der Waals surface area contributed by atoms with E-state index in [1.807, 2.05) is 19.1 Å². The lowest BCUT2D eigenvalue weighted by molar-refractivity contribution is 0.474. The molecular formula is C22H15NO3. The second-order valence-electron chi connectivity index (χ2n) is 6.19. The number of furan rings is 1. The van der Waals surface area contributed by atoms with E-state index in [9.17, 15) is 15.5 Å². The Kier molecular flexibility index (Phi) is 3.63. The minimum atomic E-state index is 0.158. The predicted octanol–water partition coefficient (Wildman–Crippen LogP) is 5.36. The molecule has 0 aliphatic rings. The van der Waals surface area contributed by atoms with Crippen LogP contribution in [0.1, 0.15) is 11.1 Å². The van der Waals surface area contributed by atoms with Gasteiger partial charge in [0.1, 0.15) is 22.8 Å². The zero-order valence-corrected chi connectivity index (χ0v) is 14.0. The van der Waals surface area contributed by atoms with Gasteiger partial charge in [-0.1, -0.05) is 12.1 Å². The number of benzene rings is 3. The smallest absolute Gasteiger partial charge is 0.143 e. The number of aryl methyl sites for hydroxylation is 1. The average molecular weight is 341 g/mol. The van der Waals surface area contributed by atoms with Gasteiger partial charge in [-0.2, -0.15) is 5.26 Å². The van der Waals surface area contributed by atoms with Crippen molar-refractivity contribution >= 4 is 11.0 Å². The van der Waals surface area contributed by atoms with Crippen molar-refractivity contribution in [3.63, 3.8) is 0 Å². The first kappa shape index (κ1) is 15.8. The number of hydrogen-bond acceptors (Lipinski definition) is 4. The van der Waals surface area contributed by atoms with Gasteiger partial charge in [0.15, 0.2) is 0 Å². The van der Waals surface area contributed by atoms with Crippen LogP contribution in [0, 0.1) is 18.3 Å². The number of nitriles is 1. The summed E-state index contributed by atoms with van der Waals surface area (Å²) in [7, 11) is 0. The summed E-state index contributed by atoms with van der Waals surface area (Å²) >= 11 is 0. The Balaban J connectivity index is 2.09. The number of hydrogen-bond donors (Lipinski definition) is 2. The molecule has 0 saturated heterocycles. The molecular weight excluding hydrogens is 326 g/mol. The van der Waals surface area contributed by atoms with E-state index < -0.39 is 0 Å². The first-order valence-corrected chi connectivity index (χ1v) is 8.13. The fourth-order valence-electron chi connectivity index (χ4n) is 3.20. The molecule has 0 atom stereocenters. The Hall–Kier alpha value is -3.71. The average Bonchev–Trinajstić information content (AvgIpc) is 3.02. The molecule has 0 aliphatic heterocycles. The number of phenolic OH excluding ortho intramolecular Hbond substituents is 2. The van der Waals surface area contributed by atoms with E-state index in [0.717, 1.165) is 27.6 Å². The highest BCUT2D eigenvalue weighted by Gasteiger charge is 2.20. The lowest BCUT2D eigenvalue weighted by Gasteiger charge is -2.05. The van der Waals surface area contributed by atoms with Gasteiger partial charge in [0, 0.05) is 16.5 Å². The summed E-state index contributed by atoms with van der Waals surface area (Å²) < 4.78 is 6.16. The van der Waals surface area contributed by atoms with Crippen LogP contribution in [0.2, 0.25) is 0 Å². The molecule has 0 unspecified atom stereocenters. The number of aromatic hydroxyl groups is 2. The van der Waals surface area contributed by atoms with Crippen molar-refractivity contribution in [1.82, 2.24) is 0 Å². The Morgan fingerprint density at radius 3 is 2.38 bits per heavy atom. The molecule has 2 N–H and O–H groups in total. The number of rotatable bonds is 2. The van der Waals surface area contributed by atoms with E-state index in [4.69, 9.17) is 4.42 Å². The quantitative estimate of drug-likeness (QED) is 0.514. The van der Waals surface area contributed by atoms with Crippen LogP contribution in [0.15, 0.2) is 65.1 Å². The van der Waals surface area contributed by atoms with Crippen molar-refractivity contribution in [2.24, 2.45) is 0 Å². The molecule has 4 heteroatoms. The van der Waals surface area contributed by atoms with Gasteiger partial charge in [0.05, 0.1) is 11.6 Å². The summed E-state index contributed by atoms with van der Waals surface area (Å²) in [6.07, 6.45) is 0. The van der Waals surface area contributed by atoms with E-state index in [2.05, 4.69) is 6.07 Å². The van der Waals surface area contributed by atoms with Gasteiger partial charge in [0.2, 0.25) is 0 Å². The molecule has 126 valence electrons. The molecule has 0 spiro atoms. The molecule has 26 heavy (non-hydrogen) atoms. The van der Waals surface area contributed by atoms with Crippen LogP contribution in [0.5, 0.6) is 11.5 Å². The molecule has 4 aromatic rings. The van der Waals surface area contributed by atoms with Gasteiger partial charge < -0.3 is 14.6 Å². The molecule has 1 aromatic heterocycles. The standard InChI is InChI=1S/C22H15NO3/c1-13-9-18(25)11-19-20(16-4-2-3-14(10-16)12-23)22(26-21(13)19)15-5-7-17(24)8-6-15/h2-11,24-25H,1H3. The number of nitrogens with zero attached hydrogens (tertiary/aromatic N) is 1. The fourth-order valence-corrected chi connectivity index (χ4v) is 3.20. The van der Waals surface area contributed by atoms with Crippen molar-refractivity contribution < 1.29 is 14.6 Å². The van der Waals surface area contributed by atoms with Gasteiger partial charge in [-0.25, -0.2) is 0 Å². The van der Waals surface area contributed by atoms with Crippen LogP contribution in [0.4, 0.5) is 0 Å². The van der Waals surface area contributed by atoms with Gasteiger partial charge in [-0.05, 0) is 66.6 Å². The maximum atomic E-state index is 10.1. The minimum absolute atomic E-state index is 0.158. The Morgan fingerprint density at radius 1 is 0.885 bits per heavy atom. The molecule has 0 amide bonds. The molecule has 0 saturated carbocycles. The zero-order valence-electron chi connectivity index (χ0n) is 14.0. The number of fused-ring (bicyclic) bond motifs is 1. The van der Waals surface area contributed by atoms with Crippen LogP contribution >= 0.6 is 0 Å². The van der Waals surface area contributed by atoms with E-state index in [1.54, 1.807) is 48.5 Å². The third-order valence-corrected chi connectivity index (χ3v) is 4.37. The highest BCUT2D eigenvalue weighted by Crippen LogP contribution is 2.43. The third kappa shape index (κ3) is 2.56. The third-order valence-electron chi connectivity index (χ3n) is 4.37. The monoisotopic (exact) mass is 341 g/mol. The van der Waals surface area contributed by atoms with Crippen LogP contribution in [-0.2, 0) is 0 Å². The summed E-state index contributed by atoms with van der Waals surface area (Å²) in [5, 5.41) is 29.7. The van der Waals surface area contributed by atoms with Crippen molar-refractivity contribution in [3.8, 4) is 40.0 Å². The zero-order chi connectivity index (χ0) is 18.3. The van der Waals surface area contributed by atoms with E-state index in [-0.39, 0.29) is 11.5 Å². The van der Waals surface area contributed by atoms with Crippen LogP contribution in [0.3, 0.4) is 0 Å². The Bertz CT molecular complexity index is 1160. The minimum Gasteiger partial charge on any atom is -0.508 e. The van der Waals surface area contributed by atoms with E-state index in [0.29, 0.717) is 16.9 Å². The van der Waals surface area contributed by atoms with E-state index >= 15 is 0 Å². The highest BCUT2D eigenvalue weighted by atomic mass is 16.3. The second-order valence-corrected chi connectivity index (χ2v) is 6.19. The molecule has 0 radical (unpaired) electrons. The highest BCUT2D eigenvalue weighted by molar-refractivity contribution is 6.03. The summed E-state index contributed by atoms with van der Waals surface area (Å²) in [6.45, 7) is 1.88.